The van der Waals surface area contributed by atoms with Gasteiger partial charge in [-0.2, -0.15) is 0 Å². The number of hydrogen-bond acceptors (Lipinski definition) is 3. The molecule has 4 nitrogen and oxygen atoms in total. The molecule has 0 saturated heterocycles. The van der Waals surface area contributed by atoms with Gasteiger partial charge in [-0.15, -0.1) is 0 Å². The van der Waals surface area contributed by atoms with E-state index in [1.165, 1.54) is 12.1 Å². The third kappa shape index (κ3) is 3.44. The summed E-state index contributed by atoms with van der Waals surface area (Å²) < 4.78 is 0. The van der Waals surface area contributed by atoms with E-state index < -0.39 is 0 Å². The first-order chi connectivity index (χ1) is 9.10. The van der Waals surface area contributed by atoms with Crippen molar-refractivity contribution >= 4 is 34.8 Å². The highest BCUT2D eigenvalue weighted by molar-refractivity contribution is 6.35. The molecule has 0 aliphatic carbocycles. The van der Waals surface area contributed by atoms with Crippen molar-refractivity contribution < 1.29 is 9.90 Å². The smallest absolute Gasteiger partial charge is 0.258 e. The molecular weight excluding hydrogens is 287 g/mol. The van der Waals surface area contributed by atoms with Crippen LogP contribution in [0.25, 0.3) is 0 Å². The molecule has 0 atom stereocenters. The van der Waals surface area contributed by atoms with E-state index in [1.54, 1.807) is 24.3 Å². The van der Waals surface area contributed by atoms with Gasteiger partial charge in [0.25, 0.3) is 5.91 Å². The Morgan fingerprint density at radius 1 is 1.16 bits per heavy atom. The van der Waals surface area contributed by atoms with Crippen molar-refractivity contribution in [1.29, 1.82) is 0 Å². The average molecular weight is 297 g/mol. The summed E-state index contributed by atoms with van der Waals surface area (Å²) in [5, 5.41) is 11.9. The molecule has 1 heterocycles. The van der Waals surface area contributed by atoms with E-state index in [9.17, 15) is 4.79 Å². The van der Waals surface area contributed by atoms with E-state index >= 15 is 0 Å². The number of anilines is 1. The van der Waals surface area contributed by atoms with Crippen LogP contribution < -0.4 is 5.32 Å². The number of amides is 1. The van der Waals surface area contributed by atoms with Crippen LogP contribution in [0.1, 0.15) is 15.9 Å². The summed E-state index contributed by atoms with van der Waals surface area (Å²) in [4.78, 5) is 15.8. The fourth-order valence-electron chi connectivity index (χ4n) is 1.47. The Hall–Kier alpha value is -1.62. The predicted molar refractivity (Wildman–Crippen MR) is 74.6 cm³/mol. The Kier molecular flexibility index (Phi) is 4.37. The Morgan fingerprint density at radius 2 is 1.84 bits per heavy atom. The summed E-state index contributed by atoms with van der Waals surface area (Å²) in [7, 11) is 0. The van der Waals surface area contributed by atoms with Crippen molar-refractivity contribution in [3.05, 3.63) is 57.8 Å². The van der Waals surface area contributed by atoms with E-state index in [4.69, 9.17) is 28.3 Å². The first kappa shape index (κ1) is 13.8. The SMILES string of the molecule is O=C(Nc1ccc(CO)cc1)c1ccc(Cl)nc1Cl. The van der Waals surface area contributed by atoms with Crippen LogP contribution in [0, 0.1) is 0 Å². The number of benzene rings is 1. The normalized spacial score (nSPS) is 10.3. The third-order valence-corrected chi connectivity index (χ3v) is 2.95. The number of nitrogens with zero attached hydrogens (tertiary/aromatic N) is 1. The van der Waals surface area contributed by atoms with E-state index in [0.717, 1.165) is 5.56 Å². The van der Waals surface area contributed by atoms with Crippen LogP contribution in [0.4, 0.5) is 5.69 Å². The van der Waals surface area contributed by atoms with Gasteiger partial charge >= 0.3 is 0 Å². The summed E-state index contributed by atoms with van der Waals surface area (Å²) in [6.45, 7) is -0.0405. The predicted octanol–water partition coefficient (Wildman–Crippen LogP) is 3.13. The largest absolute Gasteiger partial charge is 0.392 e. The van der Waals surface area contributed by atoms with Gasteiger partial charge in [-0.25, -0.2) is 4.98 Å². The number of pyridine rings is 1. The Balaban J connectivity index is 2.15. The Bertz CT molecular complexity index is 600. The van der Waals surface area contributed by atoms with Crippen LogP contribution >= 0.6 is 23.2 Å². The molecule has 0 aliphatic rings. The molecule has 19 heavy (non-hydrogen) atoms. The minimum Gasteiger partial charge on any atom is -0.392 e. The number of aromatic nitrogens is 1. The molecule has 0 saturated carbocycles. The first-order valence-electron chi connectivity index (χ1n) is 5.43. The number of nitrogens with one attached hydrogen (secondary N) is 1. The molecule has 2 N–H and O–H groups in total. The molecule has 6 heteroatoms. The summed E-state index contributed by atoms with van der Waals surface area (Å²) in [5.74, 6) is -0.370. The number of halogens is 2. The summed E-state index contributed by atoms with van der Waals surface area (Å²) in [6.07, 6.45) is 0. The zero-order valence-corrected chi connectivity index (χ0v) is 11.2. The van der Waals surface area contributed by atoms with Gasteiger partial charge in [0.05, 0.1) is 12.2 Å². The lowest BCUT2D eigenvalue weighted by atomic mass is 10.2. The second-order valence-corrected chi connectivity index (χ2v) is 4.53. The maximum atomic E-state index is 12.0. The van der Waals surface area contributed by atoms with Crippen molar-refractivity contribution in [2.45, 2.75) is 6.61 Å². The molecule has 1 aromatic carbocycles. The number of carbonyl (C=O) groups excluding carboxylic acids is 1. The fraction of sp³-hybridized carbons (Fsp3) is 0.0769. The van der Waals surface area contributed by atoms with Gasteiger partial charge in [-0.05, 0) is 29.8 Å². The molecule has 0 fully saturated rings. The van der Waals surface area contributed by atoms with Crippen molar-refractivity contribution in [2.24, 2.45) is 0 Å². The van der Waals surface area contributed by atoms with Crippen LogP contribution in [-0.4, -0.2) is 16.0 Å². The lowest BCUT2D eigenvalue weighted by Gasteiger charge is -2.07. The highest BCUT2D eigenvalue weighted by Crippen LogP contribution is 2.18. The topological polar surface area (TPSA) is 62.2 Å². The average Bonchev–Trinajstić information content (AvgIpc) is 2.39. The maximum Gasteiger partial charge on any atom is 0.258 e. The summed E-state index contributed by atoms with van der Waals surface area (Å²) in [6, 6.07) is 9.84. The van der Waals surface area contributed by atoms with Crippen LogP contribution in [0.5, 0.6) is 0 Å². The quantitative estimate of drug-likeness (QED) is 0.856. The molecule has 2 aromatic rings. The van der Waals surface area contributed by atoms with Gasteiger partial charge in [-0.3, -0.25) is 4.79 Å². The van der Waals surface area contributed by atoms with Gasteiger partial charge in [0.15, 0.2) is 0 Å². The molecule has 0 radical (unpaired) electrons. The monoisotopic (exact) mass is 296 g/mol. The van der Waals surface area contributed by atoms with Crippen molar-refractivity contribution in [2.75, 3.05) is 5.32 Å². The van der Waals surface area contributed by atoms with E-state index in [-0.39, 0.29) is 28.4 Å². The van der Waals surface area contributed by atoms with E-state index in [1.807, 2.05) is 0 Å². The second-order valence-electron chi connectivity index (χ2n) is 3.78. The van der Waals surface area contributed by atoms with Gasteiger partial charge in [-0.1, -0.05) is 35.3 Å². The molecular formula is C13H10Cl2N2O2. The summed E-state index contributed by atoms with van der Waals surface area (Å²) in [5.41, 5.74) is 1.62. The van der Waals surface area contributed by atoms with Crippen LogP contribution in [0.15, 0.2) is 36.4 Å². The minimum atomic E-state index is -0.370. The van der Waals surface area contributed by atoms with Crippen LogP contribution in [0.2, 0.25) is 10.3 Å². The molecule has 1 aromatic heterocycles. The minimum absolute atomic E-state index is 0.0405. The van der Waals surface area contributed by atoms with Gasteiger partial charge in [0, 0.05) is 5.69 Å². The van der Waals surface area contributed by atoms with Gasteiger partial charge in [0.2, 0.25) is 0 Å². The molecule has 1 amide bonds. The van der Waals surface area contributed by atoms with Crippen molar-refractivity contribution in [3.63, 3.8) is 0 Å². The standard InChI is InChI=1S/C13H10Cl2N2O2/c14-11-6-5-10(12(15)17-11)13(19)16-9-3-1-8(7-18)2-4-9/h1-6,18H,7H2,(H,16,19). The molecule has 0 spiro atoms. The van der Waals surface area contributed by atoms with Crippen LogP contribution in [-0.2, 0) is 6.61 Å². The zero-order valence-electron chi connectivity index (χ0n) is 9.73. The highest BCUT2D eigenvalue weighted by Gasteiger charge is 2.12. The molecule has 2 rings (SSSR count). The molecule has 0 bridgehead atoms. The molecule has 98 valence electrons. The van der Waals surface area contributed by atoms with E-state index in [0.29, 0.717) is 5.69 Å². The number of aliphatic hydroxyl groups is 1. The van der Waals surface area contributed by atoms with Crippen LogP contribution in [0.3, 0.4) is 0 Å². The lowest BCUT2D eigenvalue weighted by molar-refractivity contribution is 0.102. The zero-order chi connectivity index (χ0) is 13.8. The van der Waals surface area contributed by atoms with Gasteiger partial charge in [0.1, 0.15) is 10.3 Å². The molecule has 0 unspecified atom stereocenters. The second kappa shape index (κ2) is 6.02. The Labute approximate surface area is 120 Å². The molecule has 0 aliphatic heterocycles. The third-order valence-electron chi connectivity index (χ3n) is 2.45. The number of hydrogen-bond donors (Lipinski definition) is 2. The van der Waals surface area contributed by atoms with Gasteiger partial charge < -0.3 is 10.4 Å². The Morgan fingerprint density at radius 3 is 2.42 bits per heavy atom. The number of aliphatic hydroxyl groups excluding tert-OH is 1. The lowest BCUT2D eigenvalue weighted by Crippen LogP contribution is -2.13. The number of carbonyl (C=O) groups is 1. The number of rotatable bonds is 3. The fourth-order valence-corrected chi connectivity index (χ4v) is 1.90. The van der Waals surface area contributed by atoms with Crippen molar-refractivity contribution in [1.82, 2.24) is 4.98 Å². The van der Waals surface area contributed by atoms with Crippen molar-refractivity contribution in [3.8, 4) is 0 Å². The summed E-state index contributed by atoms with van der Waals surface area (Å²) >= 11 is 11.5. The maximum absolute atomic E-state index is 12.0. The highest BCUT2D eigenvalue weighted by atomic mass is 35.5. The van der Waals surface area contributed by atoms with E-state index in [2.05, 4.69) is 10.3 Å². The first-order valence-corrected chi connectivity index (χ1v) is 6.19.